The molecule has 5 atom stereocenters. The van der Waals surface area contributed by atoms with Gasteiger partial charge in [-0.15, -0.1) is 0 Å². The van der Waals surface area contributed by atoms with Gasteiger partial charge in [-0.2, -0.15) is 0 Å². The van der Waals surface area contributed by atoms with Crippen LogP contribution in [0.1, 0.15) is 39.2 Å². The molecule has 0 aliphatic heterocycles. The average Bonchev–Trinajstić information content (AvgIpc) is 3.01. The standard InChI is InChI=1S/C21H31BrO3Si/c1-21(2,3)26(4,5)25-18-12-16-15(19(18)22)11-17(23)20(16)24-13-14-9-7-6-8-10-14/h6-10,15-16,18-20H,11-13H2,1-5H3/t15-,16-,18+,19+,20+/m0/s1. The minimum Gasteiger partial charge on any atom is -0.413 e. The minimum atomic E-state index is -1.83. The monoisotopic (exact) mass is 438 g/mol. The number of rotatable bonds is 5. The molecule has 0 radical (unpaired) electrons. The molecular weight excluding hydrogens is 408 g/mol. The van der Waals surface area contributed by atoms with Crippen molar-refractivity contribution >= 4 is 30.0 Å². The van der Waals surface area contributed by atoms with Crippen molar-refractivity contribution in [1.29, 1.82) is 0 Å². The number of Topliss-reactive ketones (excluding diaryl/α,β-unsaturated/α-hetero) is 1. The van der Waals surface area contributed by atoms with Gasteiger partial charge < -0.3 is 9.16 Å². The van der Waals surface area contributed by atoms with E-state index >= 15 is 0 Å². The van der Waals surface area contributed by atoms with Crippen molar-refractivity contribution in [1.82, 2.24) is 0 Å². The van der Waals surface area contributed by atoms with Crippen molar-refractivity contribution in [2.45, 2.75) is 75.4 Å². The van der Waals surface area contributed by atoms with Gasteiger partial charge in [0.15, 0.2) is 14.1 Å². The first-order chi connectivity index (χ1) is 12.1. The second kappa shape index (κ2) is 7.49. The molecule has 2 aliphatic carbocycles. The summed E-state index contributed by atoms with van der Waals surface area (Å²) in [6.07, 6.45) is 1.42. The number of ether oxygens (including phenoxy) is 1. The van der Waals surface area contributed by atoms with Gasteiger partial charge in [0.1, 0.15) is 6.10 Å². The quantitative estimate of drug-likeness (QED) is 0.459. The lowest BCUT2D eigenvalue weighted by Gasteiger charge is -2.39. The van der Waals surface area contributed by atoms with E-state index in [0.29, 0.717) is 18.9 Å². The maximum absolute atomic E-state index is 12.5. The van der Waals surface area contributed by atoms with Crippen molar-refractivity contribution in [3.05, 3.63) is 35.9 Å². The van der Waals surface area contributed by atoms with Crippen LogP contribution in [0.4, 0.5) is 0 Å². The Kier molecular flexibility index (Phi) is 5.84. The van der Waals surface area contributed by atoms with E-state index in [1.165, 1.54) is 0 Å². The van der Waals surface area contributed by atoms with Gasteiger partial charge in [-0.05, 0) is 42.0 Å². The third kappa shape index (κ3) is 4.01. The zero-order valence-electron chi connectivity index (χ0n) is 16.5. The van der Waals surface area contributed by atoms with E-state index in [0.717, 1.165) is 12.0 Å². The lowest BCUT2D eigenvalue weighted by molar-refractivity contribution is -0.130. The maximum Gasteiger partial charge on any atom is 0.192 e. The largest absolute Gasteiger partial charge is 0.413 e. The number of carbonyl (C=O) groups excluding carboxylic acids is 1. The average molecular weight is 439 g/mol. The third-order valence-electron chi connectivity index (χ3n) is 6.49. The first-order valence-electron chi connectivity index (χ1n) is 9.60. The Morgan fingerprint density at radius 3 is 2.42 bits per heavy atom. The smallest absolute Gasteiger partial charge is 0.192 e. The van der Waals surface area contributed by atoms with E-state index in [1.54, 1.807) is 0 Å². The molecule has 0 N–H and O–H groups in total. The molecule has 26 heavy (non-hydrogen) atoms. The van der Waals surface area contributed by atoms with E-state index in [2.05, 4.69) is 49.8 Å². The highest BCUT2D eigenvalue weighted by atomic mass is 79.9. The molecule has 5 heteroatoms. The number of benzene rings is 1. The Hall–Kier alpha value is -0.493. The van der Waals surface area contributed by atoms with Crippen LogP contribution in [0.2, 0.25) is 18.1 Å². The lowest BCUT2D eigenvalue weighted by atomic mass is 9.99. The number of hydrogen-bond acceptors (Lipinski definition) is 3. The molecule has 2 fully saturated rings. The topological polar surface area (TPSA) is 35.5 Å². The van der Waals surface area contributed by atoms with E-state index in [1.807, 2.05) is 30.3 Å². The van der Waals surface area contributed by atoms with E-state index in [-0.39, 0.29) is 33.8 Å². The fourth-order valence-corrected chi connectivity index (χ4v) is 6.38. The molecule has 0 unspecified atom stereocenters. The molecule has 0 spiro atoms. The van der Waals surface area contributed by atoms with Crippen molar-refractivity contribution < 1.29 is 14.0 Å². The van der Waals surface area contributed by atoms with Gasteiger partial charge in [0.25, 0.3) is 0 Å². The summed E-state index contributed by atoms with van der Waals surface area (Å²) in [5.41, 5.74) is 1.12. The molecule has 3 nitrogen and oxygen atoms in total. The van der Waals surface area contributed by atoms with Crippen LogP contribution < -0.4 is 0 Å². The van der Waals surface area contributed by atoms with Gasteiger partial charge in [0, 0.05) is 11.2 Å². The molecule has 0 bridgehead atoms. The SMILES string of the molecule is CC(C)(C)[Si](C)(C)O[C@@H]1C[C@H]2[C@H](CC(=O)[C@@H]2OCc2ccccc2)[C@H]1Br. The Morgan fingerprint density at radius 2 is 1.81 bits per heavy atom. The highest BCUT2D eigenvalue weighted by Crippen LogP contribution is 2.50. The number of fused-ring (bicyclic) bond motifs is 1. The van der Waals surface area contributed by atoms with E-state index in [9.17, 15) is 4.79 Å². The van der Waals surface area contributed by atoms with Crippen LogP contribution in [0.5, 0.6) is 0 Å². The summed E-state index contributed by atoms with van der Waals surface area (Å²) in [6, 6.07) is 10.1. The van der Waals surface area contributed by atoms with Crippen molar-refractivity contribution in [2.24, 2.45) is 11.8 Å². The summed E-state index contributed by atoms with van der Waals surface area (Å²) >= 11 is 3.87. The normalized spacial score (nSPS) is 32.1. The number of halogens is 1. The highest BCUT2D eigenvalue weighted by molar-refractivity contribution is 9.09. The molecular formula is C21H31BrO3Si. The molecule has 0 saturated heterocycles. The molecule has 144 valence electrons. The van der Waals surface area contributed by atoms with Crippen molar-refractivity contribution in [3.8, 4) is 0 Å². The summed E-state index contributed by atoms with van der Waals surface area (Å²) in [4.78, 5) is 12.8. The van der Waals surface area contributed by atoms with Gasteiger partial charge in [0.2, 0.25) is 0 Å². The van der Waals surface area contributed by atoms with Gasteiger partial charge in [-0.25, -0.2) is 0 Å². The van der Waals surface area contributed by atoms with Gasteiger partial charge >= 0.3 is 0 Å². The van der Waals surface area contributed by atoms with Crippen molar-refractivity contribution in [3.63, 3.8) is 0 Å². The number of ketones is 1. The lowest BCUT2D eigenvalue weighted by Crippen LogP contribution is -2.45. The third-order valence-corrected chi connectivity index (χ3v) is 12.3. The van der Waals surface area contributed by atoms with Crippen LogP contribution in [-0.4, -0.2) is 31.1 Å². The van der Waals surface area contributed by atoms with Crippen LogP contribution in [0.25, 0.3) is 0 Å². The Bertz CT molecular complexity index is 640. The predicted molar refractivity (Wildman–Crippen MR) is 111 cm³/mol. The first kappa shape index (κ1) is 20.2. The zero-order chi connectivity index (χ0) is 19.1. The molecule has 1 aromatic rings. The molecule has 0 heterocycles. The van der Waals surface area contributed by atoms with Crippen LogP contribution in [0, 0.1) is 11.8 Å². The first-order valence-corrected chi connectivity index (χ1v) is 13.4. The fraction of sp³-hybridized carbons (Fsp3) is 0.667. The molecule has 2 aliphatic rings. The predicted octanol–water partition coefficient (Wildman–Crippen LogP) is 5.33. The van der Waals surface area contributed by atoms with Gasteiger partial charge in [-0.3, -0.25) is 4.79 Å². The fourth-order valence-electron chi connectivity index (χ4n) is 3.93. The van der Waals surface area contributed by atoms with E-state index < -0.39 is 8.32 Å². The number of hydrogen-bond donors (Lipinski definition) is 0. The molecule has 0 amide bonds. The minimum absolute atomic E-state index is 0.182. The Morgan fingerprint density at radius 1 is 1.15 bits per heavy atom. The van der Waals surface area contributed by atoms with Crippen LogP contribution >= 0.6 is 15.9 Å². The second-order valence-corrected chi connectivity index (χ2v) is 15.1. The van der Waals surface area contributed by atoms with Crippen LogP contribution in [0.3, 0.4) is 0 Å². The summed E-state index contributed by atoms with van der Waals surface area (Å²) in [7, 11) is -1.83. The summed E-state index contributed by atoms with van der Waals surface area (Å²) in [5, 5.41) is 0.191. The Balaban J connectivity index is 1.66. The maximum atomic E-state index is 12.5. The Labute approximate surface area is 167 Å². The van der Waals surface area contributed by atoms with Gasteiger partial charge in [0.05, 0.1) is 12.7 Å². The zero-order valence-corrected chi connectivity index (χ0v) is 19.1. The van der Waals surface area contributed by atoms with Crippen molar-refractivity contribution in [2.75, 3.05) is 0 Å². The summed E-state index contributed by atoms with van der Waals surface area (Å²) in [6.45, 7) is 11.9. The van der Waals surface area contributed by atoms with Crippen LogP contribution in [-0.2, 0) is 20.6 Å². The summed E-state index contributed by atoms with van der Waals surface area (Å²) < 4.78 is 12.8. The molecule has 3 rings (SSSR count). The van der Waals surface area contributed by atoms with E-state index in [4.69, 9.17) is 9.16 Å². The molecule has 1 aromatic carbocycles. The summed E-state index contributed by atoms with van der Waals surface area (Å²) in [5.74, 6) is 0.856. The van der Waals surface area contributed by atoms with Gasteiger partial charge in [-0.1, -0.05) is 67.0 Å². The van der Waals surface area contributed by atoms with Crippen LogP contribution in [0.15, 0.2) is 30.3 Å². The number of alkyl halides is 1. The molecule has 0 aromatic heterocycles. The highest BCUT2D eigenvalue weighted by Gasteiger charge is 2.55. The number of carbonyl (C=O) groups is 1. The molecule has 2 saturated carbocycles. The second-order valence-electron chi connectivity index (χ2n) is 9.31.